The third-order valence-electron chi connectivity index (χ3n) is 4.47. The van der Waals surface area contributed by atoms with Gasteiger partial charge in [-0.1, -0.05) is 30.3 Å². The van der Waals surface area contributed by atoms with Gasteiger partial charge in [0.05, 0.1) is 19.0 Å². The van der Waals surface area contributed by atoms with Gasteiger partial charge in [-0.05, 0) is 12.5 Å². The maximum Gasteiger partial charge on any atom is 0.251 e. The van der Waals surface area contributed by atoms with E-state index < -0.39 is 9.84 Å². The van der Waals surface area contributed by atoms with Crippen molar-refractivity contribution >= 4 is 27.3 Å². The Morgan fingerprint density at radius 1 is 1.10 bits per heavy atom. The molecule has 2 aromatic heterocycles. The summed E-state index contributed by atoms with van der Waals surface area (Å²) in [6, 6.07) is 12.6. The maximum absolute atomic E-state index is 13.0. The third kappa shape index (κ3) is 4.72. The van der Waals surface area contributed by atoms with Crippen molar-refractivity contribution in [1.29, 1.82) is 0 Å². The highest BCUT2D eigenvalue weighted by molar-refractivity contribution is 7.90. The molecular weight excluding hydrogens is 392 g/mol. The van der Waals surface area contributed by atoms with Crippen molar-refractivity contribution in [3.05, 3.63) is 53.7 Å². The molecule has 0 bridgehead atoms. The van der Waals surface area contributed by atoms with Gasteiger partial charge in [-0.2, -0.15) is 5.10 Å². The largest absolute Gasteiger partial charge is 0.378 e. The number of rotatable bonds is 6. The zero-order chi connectivity index (χ0) is 20.3. The average Bonchev–Trinajstić information content (AvgIpc) is 3.13. The molecule has 1 aromatic carbocycles. The van der Waals surface area contributed by atoms with Gasteiger partial charge in [-0.25, -0.2) is 18.4 Å². The second-order valence-corrected chi connectivity index (χ2v) is 8.68. The van der Waals surface area contributed by atoms with Crippen molar-refractivity contribution in [2.45, 2.75) is 17.8 Å². The SMILES string of the molecule is Cc1cc(Nc2cc(N3CCOCC3)nc(S(=O)(=O)Cc3ccccc3)n2)n[nH]1. The fourth-order valence-electron chi connectivity index (χ4n) is 3.04. The van der Waals surface area contributed by atoms with Crippen molar-refractivity contribution in [3.63, 3.8) is 0 Å². The summed E-state index contributed by atoms with van der Waals surface area (Å²) in [4.78, 5) is 10.6. The predicted molar refractivity (Wildman–Crippen MR) is 109 cm³/mol. The molecule has 3 aromatic rings. The monoisotopic (exact) mass is 414 g/mol. The molecule has 0 aliphatic carbocycles. The van der Waals surface area contributed by atoms with Crippen LogP contribution in [-0.2, 0) is 20.3 Å². The number of hydrogen-bond donors (Lipinski definition) is 2. The lowest BCUT2D eigenvalue weighted by Gasteiger charge is -2.28. The minimum Gasteiger partial charge on any atom is -0.378 e. The third-order valence-corrected chi connectivity index (χ3v) is 5.92. The van der Waals surface area contributed by atoms with Gasteiger partial charge >= 0.3 is 0 Å². The van der Waals surface area contributed by atoms with Crippen LogP contribution in [0.2, 0.25) is 0 Å². The molecule has 1 aliphatic rings. The number of sulfone groups is 1. The molecule has 1 aliphatic heterocycles. The van der Waals surface area contributed by atoms with Gasteiger partial charge < -0.3 is 15.0 Å². The number of benzene rings is 1. The van der Waals surface area contributed by atoms with Gasteiger partial charge in [0, 0.05) is 30.9 Å². The van der Waals surface area contributed by atoms with Gasteiger partial charge in [0.2, 0.25) is 9.84 Å². The summed E-state index contributed by atoms with van der Waals surface area (Å²) in [5, 5.41) is 9.83. The van der Waals surface area contributed by atoms with Crippen LogP contribution < -0.4 is 10.2 Å². The molecule has 0 atom stereocenters. The molecule has 1 saturated heterocycles. The normalized spacial score (nSPS) is 14.7. The Kier molecular flexibility index (Phi) is 5.45. The quantitative estimate of drug-likeness (QED) is 0.590. The van der Waals surface area contributed by atoms with E-state index in [1.54, 1.807) is 18.2 Å². The first-order valence-electron chi connectivity index (χ1n) is 9.27. The molecule has 10 heteroatoms. The van der Waals surface area contributed by atoms with Crippen LogP contribution in [0.5, 0.6) is 0 Å². The first-order chi connectivity index (χ1) is 14.0. The summed E-state index contributed by atoms with van der Waals surface area (Å²) < 4.78 is 31.4. The Balaban J connectivity index is 1.70. The van der Waals surface area contributed by atoms with Crippen LogP contribution in [0.25, 0.3) is 0 Å². The smallest absolute Gasteiger partial charge is 0.251 e. The lowest BCUT2D eigenvalue weighted by atomic mass is 10.2. The van der Waals surface area contributed by atoms with Gasteiger partial charge in [-0.15, -0.1) is 0 Å². The standard InChI is InChI=1S/C19H22N6O3S/c1-14-11-17(24-23-14)20-16-12-18(25-7-9-28-10-8-25)22-19(21-16)29(26,27)13-15-5-3-2-4-6-15/h2-6,11-12H,7-10,13H2,1H3,(H2,20,21,22,23,24). The Morgan fingerprint density at radius 3 is 2.55 bits per heavy atom. The number of aryl methyl sites for hydroxylation is 1. The van der Waals surface area contributed by atoms with E-state index in [-0.39, 0.29) is 10.9 Å². The van der Waals surface area contributed by atoms with Gasteiger partial charge in [-0.3, -0.25) is 5.10 Å². The lowest BCUT2D eigenvalue weighted by Crippen LogP contribution is -2.37. The molecule has 3 heterocycles. The number of nitrogens with one attached hydrogen (secondary N) is 2. The molecule has 4 rings (SSSR count). The molecule has 29 heavy (non-hydrogen) atoms. The number of hydrogen-bond acceptors (Lipinski definition) is 8. The summed E-state index contributed by atoms with van der Waals surface area (Å²) in [7, 11) is -3.73. The van der Waals surface area contributed by atoms with E-state index in [1.165, 1.54) is 0 Å². The van der Waals surface area contributed by atoms with Crippen LogP contribution in [0, 0.1) is 6.92 Å². The number of nitrogens with zero attached hydrogens (tertiary/aromatic N) is 4. The molecule has 1 fully saturated rings. The molecule has 2 N–H and O–H groups in total. The molecule has 0 spiro atoms. The average molecular weight is 414 g/mol. The predicted octanol–water partition coefficient (Wildman–Crippen LogP) is 2.06. The van der Waals surface area contributed by atoms with Crippen molar-refractivity contribution < 1.29 is 13.2 Å². The van der Waals surface area contributed by atoms with Crippen molar-refractivity contribution in [3.8, 4) is 0 Å². The first-order valence-corrected chi connectivity index (χ1v) is 10.9. The Hall–Kier alpha value is -2.98. The van der Waals surface area contributed by atoms with Crippen molar-refractivity contribution in [2.24, 2.45) is 0 Å². The number of aromatic amines is 1. The van der Waals surface area contributed by atoms with E-state index in [4.69, 9.17) is 4.74 Å². The second-order valence-electron chi connectivity index (χ2n) is 6.80. The summed E-state index contributed by atoms with van der Waals surface area (Å²) in [5.74, 6) is 1.31. The van der Waals surface area contributed by atoms with E-state index in [1.807, 2.05) is 36.1 Å². The highest BCUT2D eigenvalue weighted by Crippen LogP contribution is 2.23. The second kappa shape index (κ2) is 8.18. The van der Waals surface area contributed by atoms with Gasteiger partial charge in [0.1, 0.15) is 11.6 Å². The first kappa shape index (κ1) is 19.3. The van der Waals surface area contributed by atoms with Crippen molar-refractivity contribution in [1.82, 2.24) is 20.2 Å². The minimum atomic E-state index is -3.73. The molecule has 0 radical (unpaired) electrons. The Bertz CT molecular complexity index is 1080. The highest BCUT2D eigenvalue weighted by atomic mass is 32.2. The summed E-state index contributed by atoms with van der Waals surface area (Å²) in [6.45, 7) is 4.29. The minimum absolute atomic E-state index is 0.165. The van der Waals surface area contributed by atoms with Crippen LogP contribution in [-0.4, -0.2) is 54.9 Å². The van der Waals surface area contributed by atoms with E-state index in [2.05, 4.69) is 25.5 Å². The summed E-state index contributed by atoms with van der Waals surface area (Å²) in [5.41, 5.74) is 1.57. The molecule has 0 saturated carbocycles. The molecule has 152 valence electrons. The molecular formula is C19H22N6O3S. The Labute approximate surface area is 169 Å². The molecule has 0 unspecified atom stereocenters. The van der Waals surface area contributed by atoms with E-state index in [0.717, 1.165) is 5.69 Å². The van der Waals surface area contributed by atoms with Gasteiger partial charge in [0.15, 0.2) is 5.82 Å². The van der Waals surface area contributed by atoms with Gasteiger partial charge in [0.25, 0.3) is 5.16 Å². The zero-order valence-electron chi connectivity index (χ0n) is 16.0. The van der Waals surface area contributed by atoms with Crippen LogP contribution >= 0.6 is 0 Å². The maximum atomic E-state index is 13.0. The van der Waals surface area contributed by atoms with E-state index >= 15 is 0 Å². The van der Waals surface area contributed by atoms with Crippen LogP contribution in [0.4, 0.5) is 17.5 Å². The molecule has 9 nitrogen and oxygen atoms in total. The topological polar surface area (TPSA) is 113 Å². The lowest BCUT2D eigenvalue weighted by molar-refractivity contribution is 0.122. The van der Waals surface area contributed by atoms with Crippen LogP contribution in [0.15, 0.2) is 47.6 Å². The van der Waals surface area contributed by atoms with Crippen molar-refractivity contribution in [2.75, 3.05) is 36.5 Å². The zero-order valence-corrected chi connectivity index (χ0v) is 16.8. The fraction of sp³-hybridized carbons (Fsp3) is 0.316. The Morgan fingerprint density at radius 2 is 1.86 bits per heavy atom. The highest BCUT2D eigenvalue weighted by Gasteiger charge is 2.23. The van der Waals surface area contributed by atoms with Crippen LogP contribution in [0.1, 0.15) is 11.3 Å². The summed E-state index contributed by atoms with van der Waals surface area (Å²) >= 11 is 0. The van der Waals surface area contributed by atoms with Crippen LogP contribution in [0.3, 0.4) is 0 Å². The van der Waals surface area contributed by atoms with E-state index in [0.29, 0.717) is 49.3 Å². The summed E-state index contributed by atoms with van der Waals surface area (Å²) in [6.07, 6.45) is 0. The molecule has 0 amide bonds. The number of aromatic nitrogens is 4. The fourth-order valence-corrected chi connectivity index (χ4v) is 4.27. The van der Waals surface area contributed by atoms with E-state index in [9.17, 15) is 8.42 Å². The number of anilines is 3. The number of morpholine rings is 1. The number of H-pyrrole nitrogens is 1. The number of ether oxygens (including phenoxy) is 1.